The van der Waals surface area contributed by atoms with E-state index in [4.69, 9.17) is 13.3 Å². The minimum absolute atomic E-state index is 0.861. The molecule has 80 heavy (non-hydrogen) atoms. The first-order valence-electron chi connectivity index (χ1n) is 27.3. The fourth-order valence-electron chi connectivity index (χ4n) is 11.9. The number of hydrogen-bond acceptors (Lipinski definition) is 5. The second kappa shape index (κ2) is 19.0. The number of furan rings is 3. The topological polar surface area (TPSA) is 45.9 Å². The molecule has 0 spiro atoms. The van der Waals surface area contributed by atoms with Crippen molar-refractivity contribution in [3.63, 3.8) is 0 Å². The van der Waals surface area contributed by atoms with Crippen molar-refractivity contribution >= 4 is 99.9 Å². The number of nitrogens with zero attached hydrogens (tertiary/aromatic N) is 2. The molecule has 0 bridgehead atoms. The summed E-state index contributed by atoms with van der Waals surface area (Å²) in [6, 6.07) is 93.1. The van der Waals surface area contributed by atoms with Crippen LogP contribution < -0.4 is 9.80 Å². The highest BCUT2D eigenvalue weighted by molar-refractivity contribution is 6.14. The van der Waals surface area contributed by atoms with E-state index in [9.17, 15) is 0 Å². The fourth-order valence-corrected chi connectivity index (χ4v) is 11.9. The van der Waals surface area contributed by atoms with E-state index in [0.29, 0.717) is 0 Å². The van der Waals surface area contributed by atoms with Gasteiger partial charge in [0.05, 0.1) is 0 Å². The van der Waals surface area contributed by atoms with Gasteiger partial charge in [-0.25, -0.2) is 0 Å². The maximum atomic E-state index is 7.14. The van der Waals surface area contributed by atoms with Gasteiger partial charge in [0.1, 0.15) is 33.5 Å². The van der Waals surface area contributed by atoms with Crippen molar-refractivity contribution in [2.24, 2.45) is 0 Å². The molecule has 0 aliphatic carbocycles. The first-order chi connectivity index (χ1) is 39.4. The first kappa shape index (κ1) is 46.9. The average Bonchev–Trinajstić information content (AvgIpc) is 4.32. The van der Waals surface area contributed by atoms with Gasteiger partial charge in [0.25, 0.3) is 0 Å². The van der Waals surface area contributed by atoms with Crippen LogP contribution >= 0.6 is 0 Å². The van der Waals surface area contributed by atoms with Crippen LogP contribution in [0, 0.1) is 20.8 Å². The lowest BCUT2D eigenvalue weighted by Crippen LogP contribution is -2.10. The molecule has 5 nitrogen and oxygen atoms in total. The number of benzene rings is 12. The summed E-state index contributed by atoms with van der Waals surface area (Å²) in [6.07, 6.45) is 0. The van der Waals surface area contributed by atoms with Gasteiger partial charge >= 0.3 is 0 Å². The molecule has 3 aromatic heterocycles. The van der Waals surface area contributed by atoms with Crippen LogP contribution in [0.4, 0.5) is 34.1 Å². The molecule has 0 aliphatic heterocycles. The highest BCUT2D eigenvalue weighted by atomic mass is 16.3. The maximum absolute atomic E-state index is 7.14. The van der Waals surface area contributed by atoms with Crippen molar-refractivity contribution < 1.29 is 13.3 Å². The van der Waals surface area contributed by atoms with Crippen LogP contribution in [0.1, 0.15) is 16.7 Å². The van der Waals surface area contributed by atoms with Crippen molar-refractivity contribution in [2.75, 3.05) is 9.80 Å². The number of para-hydroxylation sites is 6. The Morgan fingerprint density at radius 2 is 0.550 bits per heavy atom. The molecule has 15 aromatic rings. The van der Waals surface area contributed by atoms with E-state index in [1.807, 2.05) is 24.3 Å². The zero-order valence-electron chi connectivity index (χ0n) is 44.4. The molecule has 380 valence electrons. The molecule has 0 atom stereocenters. The number of fused-ring (bicyclic) bond motifs is 9. The van der Waals surface area contributed by atoms with E-state index in [1.54, 1.807) is 0 Å². The molecule has 12 aromatic carbocycles. The minimum atomic E-state index is 0.861. The summed E-state index contributed by atoms with van der Waals surface area (Å²) in [4.78, 5) is 4.66. The Morgan fingerprint density at radius 1 is 0.237 bits per heavy atom. The summed E-state index contributed by atoms with van der Waals surface area (Å²) in [6.45, 7) is 6.45. The predicted octanol–water partition coefficient (Wildman–Crippen LogP) is 21.9. The van der Waals surface area contributed by atoms with E-state index < -0.39 is 0 Å². The number of hydrogen-bond donors (Lipinski definition) is 0. The SMILES string of the molecule is Cc1ccc(N(c2ccc(C)cc2)c2ccc(C)c(-c3cccc4c3oc3c(-c5ccc(N(c6ccc(-c7cccc8c7oc7ccccc78)cc6)c6ccc(-c7cccc8c7oc7ccccc78)cc6)cc5)cccc34)c2)cc1. The minimum Gasteiger partial charge on any atom is -0.455 e. The summed E-state index contributed by atoms with van der Waals surface area (Å²) in [5.74, 6) is 0. The molecular formula is C75H52N2O3. The molecule has 5 heteroatoms. The largest absolute Gasteiger partial charge is 0.455 e. The lowest BCUT2D eigenvalue weighted by molar-refractivity contribution is 0.669. The molecule has 0 saturated carbocycles. The van der Waals surface area contributed by atoms with Gasteiger partial charge in [0.15, 0.2) is 0 Å². The van der Waals surface area contributed by atoms with Gasteiger partial charge in [-0.05, 0) is 134 Å². The monoisotopic (exact) mass is 1030 g/mol. The molecule has 0 fully saturated rings. The zero-order valence-corrected chi connectivity index (χ0v) is 44.4. The molecule has 3 heterocycles. The van der Waals surface area contributed by atoms with Gasteiger partial charge in [-0.2, -0.15) is 0 Å². The van der Waals surface area contributed by atoms with Gasteiger partial charge in [-0.1, -0.05) is 187 Å². The summed E-state index contributed by atoms with van der Waals surface area (Å²) in [5, 5.41) is 6.63. The van der Waals surface area contributed by atoms with E-state index in [-0.39, 0.29) is 0 Å². The molecule has 0 amide bonds. The Bertz CT molecular complexity index is 4630. The summed E-state index contributed by atoms with van der Waals surface area (Å²) in [7, 11) is 0. The molecule has 0 saturated heterocycles. The van der Waals surface area contributed by atoms with Gasteiger partial charge in [-0.3, -0.25) is 0 Å². The predicted molar refractivity (Wildman–Crippen MR) is 334 cm³/mol. The molecule has 15 rings (SSSR count). The first-order valence-corrected chi connectivity index (χ1v) is 27.3. The van der Waals surface area contributed by atoms with Crippen LogP contribution in [0.15, 0.2) is 274 Å². The Balaban J connectivity index is 0.810. The second-order valence-corrected chi connectivity index (χ2v) is 21.0. The van der Waals surface area contributed by atoms with Gasteiger partial charge in [0, 0.05) is 88.7 Å². The van der Waals surface area contributed by atoms with E-state index in [0.717, 1.165) is 144 Å². The highest BCUT2D eigenvalue weighted by Crippen LogP contribution is 2.46. The van der Waals surface area contributed by atoms with E-state index in [1.165, 1.54) is 16.7 Å². The van der Waals surface area contributed by atoms with Crippen molar-refractivity contribution in [3.8, 4) is 44.5 Å². The van der Waals surface area contributed by atoms with E-state index >= 15 is 0 Å². The van der Waals surface area contributed by atoms with Crippen LogP contribution in [-0.4, -0.2) is 0 Å². The second-order valence-electron chi connectivity index (χ2n) is 21.0. The lowest BCUT2D eigenvalue weighted by atomic mass is 9.96. The maximum Gasteiger partial charge on any atom is 0.143 e. The van der Waals surface area contributed by atoms with Crippen LogP contribution in [-0.2, 0) is 0 Å². The fraction of sp³-hybridized carbons (Fsp3) is 0.0400. The van der Waals surface area contributed by atoms with Crippen LogP contribution in [0.25, 0.3) is 110 Å². The summed E-state index contributed by atoms with van der Waals surface area (Å²) >= 11 is 0. The number of anilines is 6. The van der Waals surface area contributed by atoms with Crippen LogP contribution in [0.2, 0.25) is 0 Å². The van der Waals surface area contributed by atoms with Gasteiger partial charge in [-0.15, -0.1) is 0 Å². The molecular weight excluding hydrogens is 977 g/mol. The highest BCUT2D eigenvalue weighted by Gasteiger charge is 2.22. The third kappa shape index (κ3) is 7.93. The van der Waals surface area contributed by atoms with Crippen LogP contribution in [0.5, 0.6) is 0 Å². The quantitative estimate of drug-likeness (QED) is 0.137. The van der Waals surface area contributed by atoms with Crippen LogP contribution in [0.3, 0.4) is 0 Å². The van der Waals surface area contributed by atoms with E-state index in [2.05, 4.69) is 267 Å². The lowest BCUT2D eigenvalue weighted by Gasteiger charge is -2.26. The van der Waals surface area contributed by atoms with Crippen molar-refractivity contribution in [1.82, 2.24) is 0 Å². The third-order valence-corrected chi connectivity index (χ3v) is 16.0. The standard InChI is InChI=1S/C75H52N2O3/c1-47-24-35-53(36-25-47)77(54-37-26-48(2)27-38-54)58-39-28-49(3)69(46-58)68-21-11-20-67-66-19-10-16-61(74(66)80-75(67)68)52-33-44-57(45-34-52)76(55-40-29-50(30-41-55)59-14-8-17-64-62-12-4-6-22-70(62)78-72(59)64)56-42-31-51(32-43-56)60-15-9-18-65-63-13-5-7-23-71(63)79-73(60)65/h4-46H,1-3H3. The Kier molecular flexibility index (Phi) is 11.1. The Hall–Kier alpha value is -10.4. The molecule has 0 unspecified atom stereocenters. The summed E-state index contributed by atoms with van der Waals surface area (Å²) < 4.78 is 20.1. The van der Waals surface area contributed by atoms with Gasteiger partial charge < -0.3 is 23.1 Å². The van der Waals surface area contributed by atoms with Gasteiger partial charge in [0.2, 0.25) is 0 Å². The number of rotatable bonds is 10. The van der Waals surface area contributed by atoms with Crippen molar-refractivity contribution in [2.45, 2.75) is 20.8 Å². The molecule has 0 radical (unpaired) electrons. The third-order valence-electron chi connectivity index (χ3n) is 16.0. The molecule has 0 aliphatic rings. The Morgan fingerprint density at radius 3 is 0.975 bits per heavy atom. The average molecular weight is 1030 g/mol. The smallest absolute Gasteiger partial charge is 0.143 e. The Labute approximate surface area is 463 Å². The zero-order chi connectivity index (χ0) is 53.4. The molecule has 0 N–H and O–H groups in total. The van der Waals surface area contributed by atoms with Crippen molar-refractivity contribution in [1.29, 1.82) is 0 Å². The normalized spacial score (nSPS) is 11.7. The number of aryl methyl sites for hydroxylation is 3. The summed E-state index contributed by atoms with van der Waals surface area (Å²) in [5.41, 5.74) is 23.8. The van der Waals surface area contributed by atoms with Crippen molar-refractivity contribution in [3.05, 3.63) is 278 Å².